The zero-order chi connectivity index (χ0) is 12.9. The first-order valence-electron chi connectivity index (χ1n) is 4.51. The zero-order valence-corrected chi connectivity index (χ0v) is 9.72. The SMILES string of the molecule is CS/C(N)=N/N=C\c1ccc(C(F)(F)F)cc1. The van der Waals surface area contributed by atoms with Crippen LogP contribution >= 0.6 is 11.8 Å². The van der Waals surface area contributed by atoms with E-state index in [4.69, 9.17) is 5.73 Å². The normalized spacial score (nSPS) is 13.3. The van der Waals surface area contributed by atoms with E-state index in [9.17, 15) is 13.2 Å². The minimum Gasteiger partial charge on any atom is -0.377 e. The molecule has 0 unspecified atom stereocenters. The molecule has 0 aromatic heterocycles. The van der Waals surface area contributed by atoms with E-state index >= 15 is 0 Å². The zero-order valence-electron chi connectivity index (χ0n) is 8.90. The third-order valence-corrected chi connectivity index (χ3v) is 2.31. The van der Waals surface area contributed by atoms with Gasteiger partial charge in [0.15, 0.2) is 5.17 Å². The van der Waals surface area contributed by atoms with Crippen molar-refractivity contribution in [2.24, 2.45) is 15.9 Å². The number of hydrogen-bond donors (Lipinski definition) is 1. The molecule has 7 heteroatoms. The summed E-state index contributed by atoms with van der Waals surface area (Å²) in [7, 11) is 0. The van der Waals surface area contributed by atoms with Crippen molar-refractivity contribution < 1.29 is 13.2 Å². The number of amidine groups is 1. The number of rotatable bonds is 2. The lowest BCUT2D eigenvalue weighted by molar-refractivity contribution is -0.137. The molecule has 0 aliphatic rings. The molecular weight excluding hydrogens is 251 g/mol. The van der Waals surface area contributed by atoms with E-state index in [-0.39, 0.29) is 5.17 Å². The van der Waals surface area contributed by atoms with E-state index < -0.39 is 11.7 Å². The van der Waals surface area contributed by atoms with Gasteiger partial charge in [-0.25, -0.2) is 0 Å². The minimum absolute atomic E-state index is 0.285. The summed E-state index contributed by atoms with van der Waals surface area (Å²) in [4.78, 5) is 0. The van der Waals surface area contributed by atoms with Crippen molar-refractivity contribution in [2.45, 2.75) is 6.18 Å². The van der Waals surface area contributed by atoms with Gasteiger partial charge in [-0.3, -0.25) is 0 Å². The van der Waals surface area contributed by atoms with Gasteiger partial charge in [0.1, 0.15) is 0 Å². The highest BCUT2D eigenvalue weighted by Crippen LogP contribution is 2.28. The first-order chi connectivity index (χ1) is 7.93. The number of halogens is 3. The molecule has 0 aliphatic heterocycles. The summed E-state index contributed by atoms with van der Waals surface area (Å²) >= 11 is 1.23. The predicted octanol–water partition coefficient (Wildman–Crippen LogP) is 2.72. The summed E-state index contributed by atoms with van der Waals surface area (Å²) in [6.07, 6.45) is -1.24. The monoisotopic (exact) mass is 261 g/mol. The summed E-state index contributed by atoms with van der Waals surface area (Å²) in [6.45, 7) is 0. The van der Waals surface area contributed by atoms with Crippen LogP contribution in [-0.4, -0.2) is 17.6 Å². The molecule has 0 fully saturated rings. The Balaban J connectivity index is 2.76. The van der Waals surface area contributed by atoms with Crippen LogP contribution in [0.3, 0.4) is 0 Å². The molecule has 0 radical (unpaired) electrons. The van der Waals surface area contributed by atoms with Crippen molar-refractivity contribution in [3.05, 3.63) is 35.4 Å². The molecular formula is C10H10F3N3S. The molecule has 0 saturated carbocycles. The molecule has 0 bridgehead atoms. The highest BCUT2D eigenvalue weighted by Gasteiger charge is 2.29. The Morgan fingerprint density at radius 1 is 1.29 bits per heavy atom. The number of thioether (sulfide) groups is 1. The minimum atomic E-state index is -4.32. The van der Waals surface area contributed by atoms with Gasteiger partial charge in [0.05, 0.1) is 11.8 Å². The molecule has 92 valence electrons. The fourth-order valence-corrected chi connectivity index (χ4v) is 1.08. The van der Waals surface area contributed by atoms with Crippen LogP contribution in [0.5, 0.6) is 0 Å². The van der Waals surface area contributed by atoms with E-state index in [1.807, 2.05) is 0 Å². The van der Waals surface area contributed by atoms with Crippen molar-refractivity contribution >= 4 is 23.1 Å². The topological polar surface area (TPSA) is 50.7 Å². The molecule has 1 rings (SSSR count). The number of nitrogens with zero attached hydrogens (tertiary/aromatic N) is 2. The fraction of sp³-hybridized carbons (Fsp3) is 0.200. The van der Waals surface area contributed by atoms with E-state index in [0.717, 1.165) is 12.1 Å². The third-order valence-electron chi connectivity index (χ3n) is 1.81. The van der Waals surface area contributed by atoms with Gasteiger partial charge in [-0.2, -0.15) is 18.3 Å². The maximum atomic E-state index is 12.2. The van der Waals surface area contributed by atoms with Crippen LogP contribution in [0.4, 0.5) is 13.2 Å². The first kappa shape index (κ1) is 13.6. The molecule has 2 N–H and O–H groups in total. The average molecular weight is 261 g/mol. The van der Waals surface area contributed by atoms with Crippen LogP contribution in [0.2, 0.25) is 0 Å². The largest absolute Gasteiger partial charge is 0.416 e. The van der Waals surface area contributed by atoms with E-state index in [0.29, 0.717) is 5.56 Å². The van der Waals surface area contributed by atoms with Gasteiger partial charge in [-0.05, 0) is 24.0 Å². The Hall–Kier alpha value is -1.50. The lowest BCUT2D eigenvalue weighted by atomic mass is 10.1. The van der Waals surface area contributed by atoms with E-state index in [1.165, 1.54) is 30.1 Å². The maximum Gasteiger partial charge on any atom is 0.416 e. The van der Waals surface area contributed by atoms with Crippen LogP contribution in [-0.2, 0) is 6.18 Å². The van der Waals surface area contributed by atoms with Gasteiger partial charge in [0.25, 0.3) is 0 Å². The van der Waals surface area contributed by atoms with Crippen molar-refractivity contribution in [3.8, 4) is 0 Å². The third kappa shape index (κ3) is 4.48. The Morgan fingerprint density at radius 3 is 2.35 bits per heavy atom. The van der Waals surface area contributed by atoms with Crippen LogP contribution in [0, 0.1) is 0 Å². The highest BCUT2D eigenvalue weighted by atomic mass is 32.2. The Labute approximate surface area is 101 Å². The van der Waals surface area contributed by atoms with Crippen LogP contribution in [0.1, 0.15) is 11.1 Å². The maximum absolute atomic E-state index is 12.2. The highest BCUT2D eigenvalue weighted by molar-refractivity contribution is 8.13. The number of alkyl halides is 3. The Kier molecular flexibility index (Phi) is 4.56. The molecule has 0 saturated heterocycles. The molecule has 3 nitrogen and oxygen atoms in total. The van der Waals surface area contributed by atoms with Gasteiger partial charge in [-0.1, -0.05) is 23.9 Å². The van der Waals surface area contributed by atoms with Crippen LogP contribution in [0.25, 0.3) is 0 Å². The Bertz CT molecular complexity index is 423. The Morgan fingerprint density at radius 2 is 1.88 bits per heavy atom. The summed E-state index contributed by atoms with van der Waals surface area (Å²) in [5, 5.41) is 7.54. The second-order valence-corrected chi connectivity index (χ2v) is 3.83. The second-order valence-electron chi connectivity index (χ2n) is 3.01. The molecule has 1 aromatic rings. The average Bonchev–Trinajstić information content (AvgIpc) is 2.28. The fourth-order valence-electron chi connectivity index (χ4n) is 0.951. The summed E-state index contributed by atoms with van der Waals surface area (Å²) in [6, 6.07) is 4.61. The number of hydrogen-bond acceptors (Lipinski definition) is 3. The second kappa shape index (κ2) is 5.72. The first-order valence-corrected chi connectivity index (χ1v) is 5.73. The van der Waals surface area contributed by atoms with Gasteiger partial charge in [-0.15, -0.1) is 5.10 Å². The van der Waals surface area contributed by atoms with Gasteiger partial charge >= 0.3 is 6.18 Å². The van der Waals surface area contributed by atoms with Gasteiger partial charge in [0.2, 0.25) is 0 Å². The summed E-state index contributed by atoms with van der Waals surface area (Å²) in [5.74, 6) is 0. The molecule has 1 aromatic carbocycles. The summed E-state index contributed by atoms with van der Waals surface area (Å²) in [5.41, 5.74) is 5.20. The number of benzene rings is 1. The lowest BCUT2D eigenvalue weighted by Crippen LogP contribution is -2.04. The molecule has 0 spiro atoms. The van der Waals surface area contributed by atoms with Gasteiger partial charge in [0, 0.05) is 0 Å². The van der Waals surface area contributed by atoms with E-state index in [2.05, 4.69) is 10.2 Å². The molecule has 0 amide bonds. The predicted molar refractivity (Wildman–Crippen MR) is 64.2 cm³/mol. The summed E-state index contributed by atoms with van der Waals surface area (Å²) < 4.78 is 36.7. The smallest absolute Gasteiger partial charge is 0.377 e. The van der Waals surface area contributed by atoms with Crippen molar-refractivity contribution in [1.82, 2.24) is 0 Å². The number of nitrogens with two attached hydrogens (primary N) is 1. The molecule has 17 heavy (non-hydrogen) atoms. The molecule has 0 atom stereocenters. The standard InChI is InChI=1S/C10H10F3N3S/c1-17-9(14)16-15-6-7-2-4-8(5-3-7)10(11,12)13/h2-6H,1H3,(H2,14,16)/b15-6-. The van der Waals surface area contributed by atoms with Crippen molar-refractivity contribution in [1.29, 1.82) is 0 Å². The molecule has 0 aliphatic carbocycles. The quantitative estimate of drug-likeness (QED) is 0.505. The van der Waals surface area contributed by atoms with Crippen LogP contribution in [0.15, 0.2) is 34.5 Å². The lowest BCUT2D eigenvalue weighted by Gasteiger charge is -2.05. The van der Waals surface area contributed by atoms with Crippen molar-refractivity contribution in [3.63, 3.8) is 0 Å². The molecule has 0 heterocycles. The van der Waals surface area contributed by atoms with E-state index in [1.54, 1.807) is 6.26 Å². The van der Waals surface area contributed by atoms with Crippen molar-refractivity contribution in [2.75, 3.05) is 6.26 Å². The van der Waals surface area contributed by atoms with Crippen LogP contribution < -0.4 is 5.73 Å². The van der Waals surface area contributed by atoms with Gasteiger partial charge < -0.3 is 5.73 Å².